The fourth-order valence-electron chi connectivity index (χ4n) is 4.21. The lowest BCUT2D eigenvalue weighted by molar-refractivity contribution is 0.134. The van der Waals surface area contributed by atoms with E-state index in [0.717, 1.165) is 25.3 Å². The quantitative estimate of drug-likeness (QED) is 0.635. The Morgan fingerprint density at radius 1 is 1.06 bits per heavy atom. The first-order valence-corrected chi connectivity index (χ1v) is 11.3. The first-order chi connectivity index (χ1) is 15.1. The summed E-state index contributed by atoms with van der Waals surface area (Å²) in [6.07, 6.45) is 6.08. The van der Waals surface area contributed by atoms with E-state index in [2.05, 4.69) is 39.2 Å². The maximum absolute atomic E-state index is 12.8. The average Bonchev–Trinajstić information content (AvgIpc) is 3.51. The zero-order chi connectivity index (χ0) is 21.6. The first-order valence-electron chi connectivity index (χ1n) is 11.3. The lowest BCUT2D eigenvalue weighted by Crippen LogP contribution is -2.49. The van der Waals surface area contributed by atoms with Crippen LogP contribution in [-0.4, -0.2) is 85.3 Å². The second-order valence-electron chi connectivity index (χ2n) is 8.37. The van der Waals surface area contributed by atoms with Crippen LogP contribution in [0.25, 0.3) is 0 Å². The molecular formula is C23H34N6O2. The number of anilines is 2. The van der Waals surface area contributed by atoms with Crippen molar-refractivity contribution in [3.63, 3.8) is 0 Å². The Morgan fingerprint density at radius 2 is 1.77 bits per heavy atom. The van der Waals surface area contributed by atoms with Crippen LogP contribution < -0.4 is 9.80 Å². The van der Waals surface area contributed by atoms with Crippen molar-refractivity contribution in [2.24, 2.45) is 0 Å². The van der Waals surface area contributed by atoms with E-state index >= 15 is 0 Å². The number of hydrogen-bond acceptors (Lipinski definition) is 6. The van der Waals surface area contributed by atoms with Gasteiger partial charge in [0, 0.05) is 65.2 Å². The highest BCUT2D eigenvalue weighted by atomic mass is 16.5. The summed E-state index contributed by atoms with van der Waals surface area (Å²) < 4.78 is 6.85. The van der Waals surface area contributed by atoms with Crippen molar-refractivity contribution in [3.05, 3.63) is 42.2 Å². The van der Waals surface area contributed by atoms with Crippen LogP contribution in [0.1, 0.15) is 25.3 Å². The summed E-state index contributed by atoms with van der Waals surface area (Å²) >= 11 is 0. The summed E-state index contributed by atoms with van der Waals surface area (Å²) in [6.45, 7) is 9.56. The molecule has 1 aromatic carbocycles. The molecule has 0 saturated carbocycles. The van der Waals surface area contributed by atoms with Gasteiger partial charge in [0.05, 0.1) is 18.1 Å². The number of amides is 1. The zero-order valence-electron chi connectivity index (χ0n) is 18.7. The number of carbonyl (C=O) groups is 1. The van der Waals surface area contributed by atoms with E-state index in [1.807, 2.05) is 23.8 Å². The summed E-state index contributed by atoms with van der Waals surface area (Å²) in [7, 11) is 1.93. The van der Waals surface area contributed by atoms with Crippen LogP contribution in [0, 0.1) is 0 Å². The van der Waals surface area contributed by atoms with Crippen molar-refractivity contribution < 1.29 is 9.53 Å². The van der Waals surface area contributed by atoms with Crippen LogP contribution in [-0.2, 0) is 11.3 Å². The lowest BCUT2D eigenvalue weighted by atomic mass is 10.1. The topological polar surface area (TPSA) is 57.1 Å². The number of aromatic nitrogens is 2. The molecule has 4 rings (SSSR count). The van der Waals surface area contributed by atoms with Gasteiger partial charge in [0.15, 0.2) is 0 Å². The van der Waals surface area contributed by atoms with E-state index in [1.165, 1.54) is 41.9 Å². The highest BCUT2D eigenvalue weighted by Gasteiger charge is 2.23. The number of ether oxygens (including phenoxy) is 1. The van der Waals surface area contributed by atoms with Gasteiger partial charge in [0.1, 0.15) is 6.73 Å². The van der Waals surface area contributed by atoms with Crippen molar-refractivity contribution in [1.82, 2.24) is 19.6 Å². The predicted octanol–water partition coefficient (Wildman–Crippen LogP) is 2.70. The summed E-state index contributed by atoms with van der Waals surface area (Å²) in [5.41, 5.74) is 3.54. The number of piperazine rings is 1. The number of rotatable bonds is 7. The maximum Gasteiger partial charge on any atom is 0.344 e. The Balaban J connectivity index is 1.25. The number of hydrogen-bond donors (Lipinski definition) is 0. The molecule has 1 aromatic heterocycles. The molecule has 0 unspecified atom stereocenters. The lowest BCUT2D eigenvalue weighted by Gasteiger charge is -2.34. The second kappa shape index (κ2) is 10.2. The highest BCUT2D eigenvalue weighted by Crippen LogP contribution is 2.21. The van der Waals surface area contributed by atoms with Gasteiger partial charge in [0.2, 0.25) is 0 Å². The molecule has 2 aromatic rings. The SMILES string of the molecule is CCOCN(C)c1cnn(C(=O)N2CCN(Cc3ccc(N4CCCC4)cc3)CC2)c1. The molecule has 0 bridgehead atoms. The standard InChI is InChI=1S/C23H34N6O2/c1-3-31-19-25(2)22-16-24-29(18-22)23(30)28-14-12-26(13-15-28)17-20-6-8-21(9-7-20)27-10-4-5-11-27/h6-9,16,18H,3-5,10-15,17,19H2,1-2H3. The highest BCUT2D eigenvalue weighted by molar-refractivity contribution is 5.77. The summed E-state index contributed by atoms with van der Waals surface area (Å²) in [5, 5.41) is 4.26. The van der Waals surface area contributed by atoms with Crippen molar-refractivity contribution in [3.8, 4) is 0 Å². The zero-order valence-corrected chi connectivity index (χ0v) is 18.7. The first kappa shape index (κ1) is 21.6. The smallest absolute Gasteiger partial charge is 0.344 e. The van der Waals surface area contributed by atoms with Gasteiger partial charge in [-0.15, -0.1) is 0 Å². The van der Waals surface area contributed by atoms with Crippen LogP contribution in [0.3, 0.4) is 0 Å². The van der Waals surface area contributed by atoms with Gasteiger partial charge < -0.3 is 19.4 Å². The molecule has 8 heteroatoms. The third kappa shape index (κ3) is 5.37. The molecule has 0 atom stereocenters. The fraction of sp³-hybridized carbons (Fsp3) is 0.565. The Morgan fingerprint density at radius 3 is 2.45 bits per heavy atom. The molecule has 8 nitrogen and oxygen atoms in total. The molecule has 0 spiro atoms. The predicted molar refractivity (Wildman–Crippen MR) is 123 cm³/mol. The minimum Gasteiger partial charge on any atom is -0.372 e. The van der Waals surface area contributed by atoms with Gasteiger partial charge in [-0.1, -0.05) is 12.1 Å². The van der Waals surface area contributed by atoms with E-state index in [1.54, 1.807) is 12.4 Å². The van der Waals surface area contributed by atoms with Crippen molar-refractivity contribution in [2.45, 2.75) is 26.3 Å². The van der Waals surface area contributed by atoms with E-state index in [9.17, 15) is 4.79 Å². The van der Waals surface area contributed by atoms with Crippen molar-refractivity contribution in [2.75, 3.05) is 69.5 Å². The van der Waals surface area contributed by atoms with Gasteiger partial charge in [-0.25, -0.2) is 4.79 Å². The van der Waals surface area contributed by atoms with Crippen LogP contribution in [0.5, 0.6) is 0 Å². The summed E-state index contributed by atoms with van der Waals surface area (Å²) in [4.78, 5) is 21.5. The van der Waals surface area contributed by atoms with Crippen LogP contribution in [0.15, 0.2) is 36.7 Å². The molecule has 31 heavy (non-hydrogen) atoms. The minimum atomic E-state index is -0.0642. The molecule has 2 saturated heterocycles. The molecule has 0 radical (unpaired) electrons. The summed E-state index contributed by atoms with van der Waals surface area (Å²) in [5.74, 6) is 0. The Kier molecular flexibility index (Phi) is 7.09. The third-order valence-corrected chi connectivity index (χ3v) is 6.15. The number of benzene rings is 1. The normalized spacial score (nSPS) is 17.4. The maximum atomic E-state index is 12.8. The van der Waals surface area contributed by atoms with E-state index in [0.29, 0.717) is 26.4 Å². The molecule has 0 N–H and O–H groups in total. The third-order valence-electron chi connectivity index (χ3n) is 6.15. The fourth-order valence-corrected chi connectivity index (χ4v) is 4.21. The molecule has 2 aliphatic rings. The van der Waals surface area contributed by atoms with Crippen molar-refractivity contribution in [1.29, 1.82) is 0 Å². The number of carbonyl (C=O) groups excluding carboxylic acids is 1. The Hall–Kier alpha value is -2.58. The van der Waals surface area contributed by atoms with E-state index in [4.69, 9.17) is 4.74 Å². The molecule has 2 fully saturated rings. The van der Waals surface area contributed by atoms with Gasteiger partial charge in [0.25, 0.3) is 0 Å². The minimum absolute atomic E-state index is 0.0642. The molecular weight excluding hydrogens is 392 g/mol. The second-order valence-corrected chi connectivity index (χ2v) is 8.37. The van der Waals surface area contributed by atoms with Crippen LogP contribution >= 0.6 is 0 Å². The molecule has 168 valence electrons. The van der Waals surface area contributed by atoms with Crippen molar-refractivity contribution >= 4 is 17.4 Å². The Labute approximate surface area is 185 Å². The van der Waals surface area contributed by atoms with Gasteiger partial charge >= 0.3 is 6.03 Å². The largest absolute Gasteiger partial charge is 0.372 e. The average molecular weight is 427 g/mol. The van der Waals surface area contributed by atoms with Gasteiger partial charge in [-0.05, 0) is 37.5 Å². The molecule has 3 heterocycles. The van der Waals surface area contributed by atoms with Gasteiger partial charge in [-0.2, -0.15) is 9.78 Å². The molecule has 1 amide bonds. The van der Waals surface area contributed by atoms with Gasteiger partial charge in [-0.3, -0.25) is 4.90 Å². The number of nitrogens with zero attached hydrogens (tertiary/aromatic N) is 6. The van der Waals surface area contributed by atoms with Crippen LogP contribution in [0.2, 0.25) is 0 Å². The van der Waals surface area contributed by atoms with E-state index in [-0.39, 0.29) is 6.03 Å². The molecule has 2 aliphatic heterocycles. The van der Waals surface area contributed by atoms with Crippen LogP contribution in [0.4, 0.5) is 16.2 Å². The monoisotopic (exact) mass is 426 g/mol. The summed E-state index contributed by atoms with van der Waals surface area (Å²) in [6, 6.07) is 8.92. The van der Waals surface area contributed by atoms with E-state index < -0.39 is 0 Å². The Bertz CT molecular complexity index is 838. The molecule has 0 aliphatic carbocycles.